The largest absolute Gasteiger partial charge is 0.482 e. The van der Waals surface area contributed by atoms with Gasteiger partial charge in [0.15, 0.2) is 6.61 Å². The summed E-state index contributed by atoms with van der Waals surface area (Å²) >= 11 is 11.9. The lowest BCUT2D eigenvalue weighted by Crippen LogP contribution is -2.55. The summed E-state index contributed by atoms with van der Waals surface area (Å²) in [6, 6.07) is 5.09. The third kappa shape index (κ3) is 4.59. The molecule has 1 aromatic rings. The van der Waals surface area contributed by atoms with Crippen LogP contribution in [0, 0.1) is 11.8 Å². The van der Waals surface area contributed by atoms with E-state index in [0.29, 0.717) is 34.1 Å². The van der Waals surface area contributed by atoms with Gasteiger partial charge in [0.1, 0.15) is 5.75 Å². The summed E-state index contributed by atoms with van der Waals surface area (Å²) in [5.74, 6) is 1.27. The minimum absolute atomic E-state index is 0.0589. The maximum Gasteiger partial charge on any atom is 0.258 e. The smallest absolute Gasteiger partial charge is 0.258 e. The molecule has 2 amide bonds. The number of halogens is 2. The van der Waals surface area contributed by atoms with Crippen LogP contribution in [-0.2, 0) is 9.59 Å². The Morgan fingerprint density at radius 2 is 2.16 bits per heavy atom. The van der Waals surface area contributed by atoms with Crippen molar-refractivity contribution in [2.75, 3.05) is 6.61 Å². The van der Waals surface area contributed by atoms with Gasteiger partial charge in [-0.2, -0.15) is 0 Å². The molecule has 2 fully saturated rings. The van der Waals surface area contributed by atoms with Gasteiger partial charge in [0.25, 0.3) is 5.91 Å². The molecular formula is C18H22Cl2N2O3. The molecule has 2 aliphatic rings. The first kappa shape index (κ1) is 18.3. The highest BCUT2D eigenvalue weighted by Gasteiger charge is 2.39. The molecule has 4 unspecified atom stereocenters. The van der Waals surface area contributed by atoms with Crippen LogP contribution in [0.25, 0.3) is 0 Å². The van der Waals surface area contributed by atoms with Gasteiger partial charge in [-0.1, -0.05) is 30.1 Å². The summed E-state index contributed by atoms with van der Waals surface area (Å²) in [5, 5.41) is 6.96. The van der Waals surface area contributed by atoms with Crippen LogP contribution in [0.1, 0.15) is 32.6 Å². The molecule has 3 rings (SSSR count). The molecular weight excluding hydrogens is 363 g/mol. The summed E-state index contributed by atoms with van der Waals surface area (Å²) in [6.45, 7) is 2.04. The fourth-order valence-electron chi connectivity index (χ4n) is 3.89. The molecule has 4 atom stereocenters. The molecule has 0 bridgehead atoms. The molecule has 1 saturated carbocycles. The normalized spacial score (nSPS) is 28.7. The maximum atomic E-state index is 12.2. The average Bonchev–Trinajstić information content (AvgIpc) is 2.53. The second kappa shape index (κ2) is 7.83. The van der Waals surface area contributed by atoms with Crippen LogP contribution in [0.15, 0.2) is 18.2 Å². The Morgan fingerprint density at radius 3 is 2.92 bits per heavy atom. The molecule has 1 aliphatic carbocycles. The second-order valence-corrected chi connectivity index (χ2v) is 7.80. The molecule has 1 heterocycles. The molecule has 5 nitrogen and oxygen atoms in total. The zero-order valence-corrected chi connectivity index (χ0v) is 15.6. The molecule has 0 radical (unpaired) electrons. The summed E-state index contributed by atoms with van der Waals surface area (Å²) in [7, 11) is 0. The van der Waals surface area contributed by atoms with E-state index in [9.17, 15) is 9.59 Å². The van der Waals surface area contributed by atoms with Gasteiger partial charge in [0.2, 0.25) is 5.91 Å². The van der Waals surface area contributed by atoms with E-state index >= 15 is 0 Å². The van der Waals surface area contributed by atoms with Crippen LogP contribution in [0.2, 0.25) is 10.0 Å². The first-order chi connectivity index (χ1) is 11.9. The van der Waals surface area contributed by atoms with Crippen LogP contribution < -0.4 is 15.4 Å². The average molecular weight is 385 g/mol. The van der Waals surface area contributed by atoms with Gasteiger partial charge >= 0.3 is 0 Å². The van der Waals surface area contributed by atoms with Crippen molar-refractivity contribution in [2.24, 2.45) is 11.8 Å². The number of carbonyl (C=O) groups is 2. The van der Waals surface area contributed by atoms with Gasteiger partial charge in [0.05, 0.1) is 5.02 Å². The highest BCUT2D eigenvalue weighted by Crippen LogP contribution is 2.35. The molecule has 25 heavy (non-hydrogen) atoms. The van der Waals surface area contributed by atoms with E-state index in [-0.39, 0.29) is 30.5 Å². The first-order valence-electron chi connectivity index (χ1n) is 8.59. The lowest BCUT2D eigenvalue weighted by Gasteiger charge is -2.43. The lowest BCUT2D eigenvalue weighted by atomic mass is 9.72. The van der Waals surface area contributed by atoms with Crippen molar-refractivity contribution in [3.05, 3.63) is 28.2 Å². The van der Waals surface area contributed by atoms with E-state index in [0.717, 1.165) is 19.3 Å². The van der Waals surface area contributed by atoms with Crippen LogP contribution in [0.4, 0.5) is 0 Å². The Balaban J connectivity index is 1.49. The molecule has 0 spiro atoms. The fourth-order valence-corrected chi connectivity index (χ4v) is 4.35. The number of hydrogen-bond acceptors (Lipinski definition) is 3. The molecule has 0 aromatic heterocycles. The van der Waals surface area contributed by atoms with Crippen LogP contribution in [0.3, 0.4) is 0 Å². The Hall–Kier alpha value is -1.46. The summed E-state index contributed by atoms with van der Waals surface area (Å²) in [5.41, 5.74) is 0. The molecule has 1 aromatic carbocycles. The number of fused-ring (bicyclic) bond motifs is 1. The Morgan fingerprint density at radius 1 is 1.36 bits per heavy atom. The number of carbonyl (C=O) groups excluding carboxylic acids is 2. The second-order valence-electron chi connectivity index (χ2n) is 6.96. The van der Waals surface area contributed by atoms with Crippen molar-refractivity contribution in [3.8, 4) is 5.75 Å². The van der Waals surface area contributed by atoms with Crippen molar-refractivity contribution < 1.29 is 14.3 Å². The number of amides is 2. The fraction of sp³-hybridized carbons (Fsp3) is 0.556. The molecule has 7 heteroatoms. The highest BCUT2D eigenvalue weighted by atomic mass is 35.5. The van der Waals surface area contributed by atoms with Crippen molar-refractivity contribution >= 4 is 35.0 Å². The van der Waals surface area contributed by atoms with Gasteiger partial charge in [0, 0.05) is 23.5 Å². The topological polar surface area (TPSA) is 67.4 Å². The maximum absolute atomic E-state index is 12.2. The third-order valence-corrected chi connectivity index (χ3v) is 5.64. The lowest BCUT2D eigenvalue weighted by molar-refractivity contribution is -0.127. The molecule has 2 N–H and O–H groups in total. The minimum atomic E-state index is -0.190. The van der Waals surface area contributed by atoms with Gasteiger partial charge < -0.3 is 15.4 Å². The van der Waals surface area contributed by atoms with Crippen molar-refractivity contribution in [3.63, 3.8) is 0 Å². The van der Waals surface area contributed by atoms with Crippen LogP contribution in [-0.4, -0.2) is 30.5 Å². The highest BCUT2D eigenvalue weighted by molar-refractivity contribution is 6.35. The molecule has 136 valence electrons. The summed E-state index contributed by atoms with van der Waals surface area (Å²) in [6.07, 6.45) is 3.32. The van der Waals surface area contributed by atoms with Gasteiger partial charge in [-0.05, 0) is 49.3 Å². The number of hydrogen-bond donors (Lipinski definition) is 2. The predicted molar refractivity (Wildman–Crippen MR) is 96.9 cm³/mol. The Bertz CT molecular complexity index is 668. The first-order valence-corrected chi connectivity index (χ1v) is 9.34. The number of benzene rings is 1. The Labute approximate surface area is 157 Å². The number of rotatable bonds is 4. The number of nitrogens with one attached hydrogen (secondary N) is 2. The van der Waals surface area contributed by atoms with E-state index in [1.807, 2.05) is 0 Å². The van der Waals surface area contributed by atoms with Gasteiger partial charge in [-0.25, -0.2) is 0 Å². The SMILES string of the molecule is CC1CC(=O)NC2CC(NC(=O)COc3ccc(Cl)cc3Cl)CCC12. The molecule has 1 aliphatic heterocycles. The number of piperidine rings is 1. The molecule has 1 saturated heterocycles. The standard InChI is InChI=1S/C18H22Cl2N2O3/c1-10-6-17(23)22-15-8-12(3-4-13(10)15)21-18(24)9-25-16-5-2-11(19)7-14(16)20/h2,5,7,10,12-13,15H,3-4,6,8-9H2,1H3,(H,21,24)(H,22,23). The Kier molecular flexibility index (Phi) is 5.74. The predicted octanol–water partition coefficient (Wildman–Crippen LogP) is 3.18. The van der Waals surface area contributed by atoms with E-state index in [2.05, 4.69) is 17.6 Å². The minimum Gasteiger partial charge on any atom is -0.482 e. The van der Waals surface area contributed by atoms with E-state index in [1.165, 1.54) is 0 Å². The third-order valence-electron chi connectivity index (χ3n) is 5.11. The zero-order chi connectivity index (χ0) is 18.0. The summed E-state index contributed by atoms with van der Waals surface area (Å²) < 4.78 is 5.46. The summed E-state index contributed by atoms with van der Waals surface area (Å²) in [4.78, 5) is 23.9. The van der Waals surface area contributed by atoms with Crippen molar-refractivity contribution in [2.45, 2.75) is 44.7 Å². The monoisotopic (exact) mass is 384 g/mol. The van der Waals surface area contributed by atoms with Crippen LogP contribution >= 0.6 is 23.2 Å². The quantitative estimate of drug-likeness (QED) is 0.837. The van der Waals surface area contributed by atoms with E-state index < -0.39 is 0 Å². The van der Waals surface area contributed by atoms with Crippen molar-refractivity contribution in [1.82, 2.24) is 10.6 Å². The number of ether oxygens (including phenoxy) is 1. The van der Waals surface area contributed by atoms with Crippen molar-refractivity contribution in [1.29, 1.82) is 0 Å². The van der Waals surface area contributed by atoms with E-state index in [4.69, 9.17) is 27.9 Å². The van der Waals surface area contributed by atoms with Crippen LogP contribution in [0.5, 0.6) is 5.75 Å². The van der Waals surface area contributed by atoms with Gasteiger partial charge in [-0.3, -0.25) is 9.59 Å². The van der Waals surface area contributed by atoms with E-state index in [1.54, 1.807) is 18.2 Å². The zero-order valence-electron chi connectivity index (χ0n) is 14.1. The van der Waals surface area contributed by atoms with Gasteiger partial charge in [-0.15, -0.1) is 0 Å².